The lowest BCUT2D eigenvalue weighted by atomic mass is 10.1. The predicted molar refractivity (Wildman–Crippen MR) is 89.8 cm³/mol. The number of pyridine rings is 1. The van der Waals surface area contributed by atoms with Crippen LogP contribution in [0.4, 0.5) is 5.82 Å². The van der Waals surface area contributed by atoms with Crippen molar-refractivity contribution >= 4 is 23.0 Å². The van der Waals surface area contributed by atoms with Crippen molar-refractivity contribution in [1.29, 1.82) is 0 Å². The Morgan fingerprint density at radius 3 is 2.48 bits per heavy atom. The number of nitrogens with one attached hydrogen (secondary N) is 1. The van der Waals surface area contributed by atoms with Crippen LogP contribution in [-0.4, -0.2) is 9.97 Å². The van der Waals surface area contributed by atoms with Crippen molar-refractivity contribution in [3.63, 3.8) is 0 Å². The molecule has 0 aromatic carbocycles. The molecule has 1 atom stereocenters. The summed E-state index contributed by atoms with van der Waals surface area (Å²) in [6.45, 7) is 9.92. The third kappa shape index (κ3) is 3.24. The zero-order valence-electron chi connectivity index (χ0n) is 13.1. The van der Waals surface area contributed by atoms with E-state index >= 15 is 0 Å². The summed E-state index contributed by atoms with van der Waals surface area (Å²) in [5, 5.41) is 3.41. The van der Waals surface area contributed by atoms with Gasteiger partial charge < -0.3 is 15.5 Å². The molecule has 0 aliphatic heterocycles. The molecule has 0 saturated heterocycles. The number of rotatable bonds is 4. The number of nitrogens with zero attached hydrogens (tertiary/aromatic N) is 1. The van der Waals surface area contributed by atoms with Crippen molar-refractivity contribution in [1.82, 2.24) is 4.98 Å². The Labute approximate surface area is 130 Å². The molecule has 1 unspecified atom stereocenters. The second kappa shape index (κ2) is 5.85. The van der Waals surface area contributed by atoms with Gasteiger partial charge in [-0.3, -0.25) is 0 Å². The molecule has 0 radical (unpaired) electrons. The van der Waals surface area contributed by atoms with Gasteiger partial charge in [0.2, 0.25) is 0 Å². The number of aryl methyl sites for hydroxylation is 4. The van der Waals surface area contributed by atoms with Gasteiger partial charge in [0.15, 0.2) is 0 Å². The summed E-state index contributed by atoms with van der Waals surface area (Å²) in [5.41, 5.74) is 9.73. The minimum atomic E-state index is 0.0595. The molecule has 2 aromatic rings. The molecule has 2 rings (SSSR count). The SMILES string of the molecule is Cc1cc(C)c(C(N)=S)c(NC(C)c2cc(C)oc2C)n1. The van der Waals surface area contributed by atoms with Gasteiger partial charge in [0.25, 0.3) is 0 Å². The first-order chi connectivity index (χ1) is 9.79. The van der Waals surface area contributed by atoms with E-state index < -0.39 is 0 Å². The molecule has 0 fully saturated rings. The van der Waals surface area contributed by atoms with Gasteiger partial charge in [-0.25, -0.2) is 4.98 Å². The fraction of sp³-hybridized carbons (Fsp3) is 0.375. The highest BCUT2D eigenvalue weighted by Crippen LogP contribution is 2.27. The third-order valence-electron chi connectivity index (χ3n) is 3.49. The minimum Gasteiger partial charge on any atom is -0.466 e. The molecule has 0 saturated carbocycles. The molecule has 0 bridgehead atoms. The molecule has 4 nitrogen and oxygen atoms in total. The lowest BCUT2D eigenvalue weighted by Crippen LogP contribution is -2.18. The third-order valence-corrected chi connectivity index (χ3v) is 3.69. The van der Waals surface area contributed by atoms with E-state index in [-0.39, 0.29) is 6.04 Å². The molecule has 3 N–H and O–H groups in total. The van der Waals surface area contributed by atoms with Crippen LogP contribution in [0.25, 0.3) is 0 Å². The first kappa shape index (κ1) is 15.5. The summed E-state index contributed by atoms with van der Waals surface area (Å²) in [7, 11) is 0. The first-order valence-electron chi connectivity index (χ1n) is 6.91. The molecule has 2 heterocycles. The Balaban J connectivity index is 2.39. The molecule has 0 aliphatic carbocycles. The van der Waals surface area contributed by atoms with Gasteiger partial charge in [0, 0.05) is 11.3 Å². The average Bonchev–Trinajstić information content (AvgIpc) is 2.66. The van der Waals surface area contributed by atoms with Gasteiger partial charge in [-0.1, -0.05) is 12.2 Å². The molecular formula is C16H21N3OS. The largest absolute Gasteiger partial charge is 0.466 e. The summed E-state index contributed by atoms with van der Waals surface area (Å²) >= 11 is 5.16. The fourth-order valence-corrected chi connectivity index (χ4v) is 2.87. The number of thiocarbonyl (C=S) groups is 1. The lowest BCUT2D eigenvalue weighted by molar-refractivity contribution is 0.500. The standard InChI is InChI=1S/C16H21N3OS/c1-8-6-9(2)18-16(14(8)15(17)21)19-11(4)13-7-10(3)20-12(13)5/h6-7,11H,1-5H3,(H2,17,21)(H,18,19). The summed E-state index contributed by atoms with van der Waals surface area (Å²) in [6, 6.07) is 4.08. The molecule has 0 amide bonds. The number of hydrogen-bond acceptors (Lipinski definition) is 4. The van der Waals surface area contributed by atoms with Crippen molar-refractivity contribution in [2.75, 3.05) is 5.32 Å². The maximum Gasteiger partial charge on any atom is 0.137 e. The van der Waals surface area contributed by atoms with Crippen LogP contribution in [0.15, 0.2) is 16.5 Å². The zero-order valence-corrected chi connectivity index (χ0v) is 13.9. The van der Waals surface area contributed by atoms with E-state index in [2.05, 4.69) is 17.2 Å². The van der Waals surface area contributed by atoms with Gasteiger partial charge in [-0.15, -0.1) is 0 Å². The van der Waals surface area contributed by atoms with Crippen LogP contribution in [0.1, 0.15) is 46.9 Å². The van der Waals surface area contributed by atoms with Crippen LogP contribution in [0.5, 0.6) is 0 Å². The van der Waals surface area contributed by atoms with E-state index in [1.165, 1.54) is 0 Å². The van der Waals surface area contributed by atoms with Crippen LogP contribution in [-0.2, 0) is 0 Å². The van der Waals surface area contributed by atoms with Crippen LogP contribution in [0.2, 0.25) is 0 Å². The van der Waals surface area contributed by atoms with E-state index in [1.807, 2.05) is 39.8 Å². The maximum atomic E-state index is 5.85. The molecule has 0 spiro atoms. The number of nitrogens with two attached hydrogens (primary N) is 1. The van der Waals surface area contributed by atoms with E-state index in [4.69, 9.17) is 22.4 Å². The Hall–Kier alpha value is -1.88. The minimum absolute atomic E-state index is 0.0595. The molecule has 5 heteroatoms. The lowest BCUT2D eigenvalue weighted by Gasteiger charge is -2.18. The summed E-state index contributed by atoms with van der Waals surface area (Å²) in [6.07, 6.45) is 0. The molecule has 21 heavy (non-hydrogen) atoms. The highest BCUT2D eigenvalue weighted by molar-refractivity contribution is 7.80. The highest BCUT2D eigenvalue weighted by atomic mass is 32.1. The molecule has 0 aliphatic rings. The smallest absolute Gasteiger partial charge is 0.137 e. The van der Waals surface area contributed by atoms with E-state index in [0.29, 0.717) is 4.99 Å². The van der Waals surface area contributed by atoms with E-state index in [9.17, 15) is 0 Å². The van der Waals surface area contributed by atoms with Crippen molar-refractivity contribution in [2.24, 2.45) is 5.73 Å². The zero-order chi connectivity index (χ0) is 15.7. The van der Waals surface area contributed by atoms with Crippen LogP contribution in [0.3, 0.4) is 0 Å². The Morgan fingerprint density at radius 1 is 1.29 bits per heavy atom. The van der Waals surface area contributed by atoms with E-state index in [0.717, 1.165) is 39.7 Å². The first-order valence-corrected chi connectivity index (χ1v) is 7.32. The molecule has 112 valence electrons. The monoisotopic (exact) mass is 303 g/mol. The van der Waals surface area contributed by atoms with Crippen molar-refractivity contribution in [2.45, 2.75) is 40.7 Å². The second-order valence-corrected chi connectivity index (χ2v) is 5.84. The predicted octanol–water partition coefficient (Wildman–Crippen LogP) is 3.72. The summed E-state index contributed by atoms with van der Waals surface area (Å²) in [4.78, 5) is 4.90. The van der Waals surface area contributed by atoms with E-state index in [1.54, 1.807) is 0 Å². The Kier molecular flexibility index (Phi) is 4.32. The number of anilines is 1. The van der Waals surface area contributed by atoms with Crippen molar-refractivity contribution in [3.8, 4) is 0 Å². The summed E-state index contributed by atoms with van der Waals surface area (Å²) < 4.78 is 5.59. The fourth-order valence-electron chi connectivity index (χ4n) is 2.62. The quantitative estimate of drug-likeness (QED) is 0.843. The Morgan fingerprint density at radius 2 is 1.95 bits per heavy atom. The van der Waals surface area contributed by atoms with Crippen molar-refractivity contribution in [3.05, 3.63) is 46.0 Å². The number of furan rings is 1. The normalized spacial score (nSPS) is 12.2. The molecule has 2 aromatic heterocycles. The van der Waals surface area contributed by atoms with Gasteiger partial charge in [-0.2, -0.15) is 0 Å². The van der Waals surface area contributed by atoms with Gasteiger partial charge in [0.05, 0.1) is 11.6 Å². The number of hydrogen-bond donors (Lipinski definition) is 2. The van der Waals surface area contributed by atoms with Gasteiger partial charge >= 0.3 is 0 Å². The maximum absolute atomic E-state index is 5.85. The Bertz CT molecular complexity index is 691. The van der Waals surface area contributed by atoms with Crippen LogP contribution in [0, 0.1) is 27.7 Å². The highest BCUT2D eigenvalue weighted by Gasteiger charge is 2.17. The average molecular weight is 303 g/mol. The van der Waals surface area contributed by atoms with Crippen LogP contribution >= 0.6 is 12.2 Å². The second-order valence-electron chi connectivity index (χ2n) is 5.40. The van der Waals surface area contributed by atoms with Crippen LogP contribution < -0.4 is 11.1 Å². The van der Waals surface area contributed by atoms with Gasteiger partial charge in [0.1, 0.15) is 22.3 Å². The van der Waals surface area contributed by atoms with Gasteiger partial charge in [-0.05, 0) is 52.3 Å². The topological polar surface area (TPSA) is 64.1 Å². The number of aromatic nitrogens is 1. The summed E-state index contributed by atoms with van der Waals surface area (Å²) in [5.74, 6) is 2.54. The van der Waals surface area contributed by atoms with Crippen molar-refractivity contribution < 1.29 is 4.42 Å². The molecular weight excluding hydrogens is 282 g/mol.